The number of carbonyl (C=O) groups is 1. The number of fused-ring (bicyclic) bond motifs is 1. The molecule has 3 rings (SSSR count). The topological polar surface area (TPSA) is 107 Å². The van der Waals surface area contributed by atoms with E-state index in [1.807, 2.05) is 19.1 Å². The Kier molecular flexibility index (Phi) is 5.75. The molecule has 0 saturated carbocycles. The number of aromatic nitrogens is 4. The molecular formula is C19H20N4O4. The van der Waals surface area contributed by atoms with Crippen LogP contribution in [0, 0.1) is 0 Å². The van der Waals surface area contributed by atoms with E-state index in [9.17, 15) is 14.4 Å². The normalized spacial score (nSPS) is 10.9. The number of nitrogens with one attached hydrogen (secondary N) is 1. The minimum atomic E-state index is -0.567. The van der Waals surface area contributed by atoms with Gasteiger partial charge in [0.15, 0.2) is 0 Å². The van der Waals surface area contributed by atoms with Gasteiger partial charge < -0.3 is 4.74 Å². The SMILES string of the molecule is CCCn1c(=O)[nH]c(=O)c2cc(C(=O)OCCCc3ccncc3)cnc21. The largest absolute Gasteiger partial charge is 0.462 e. The van der Waals surface area contributed by atoms with Crippen molar-refractivity contribution in [2.75, 3.05) is 6.61 Å². The van der Waals surface area contributed by atoms with Crippen LogP contribution in [0.1, 0.15) is 35.7 Å². The second-order valence-corrected chi connectivity index (χ2v) is 6.10. The molecule has 0 aromatic carbocycles. The Hall–Kier alpha value is -3.29. The van der Waals surface area contributed by atoms with E-state index in [-0.39, 0.29) is 23.2 Å². The molecule has 0 aliphatic heterocycles. The minimum Gasteiger partial charge on any atom is -0.462 e. The lowest BCUT2D eigenvalue weighted by atomic mass is 10.1. The molecule has 0 aliphatic carbocycles. The van der Waals surface area contributed by atoms with Crippen LogP contribution < -0.4 is 11.2 Å². The van der Waals surface area contributed by atoms with Crippen LogP contribution in [0.2, 0.25) is 0 Å². The Balaban J connectivity index is 1.72. The van der Waals surface area contributed by atoms with Crippen molar-refractivity contribution in [2.45, 2.75) is 32.7 Å². The summed E-state index contributed by atoms with van der Waals surface area (Å²) in [5, 5.41) is 0.189. The molecule has 8 heteroatoms. The van der Waals surface area contributed by atoms with Crippen LogP contribution >= 0.6 is 0 Å². The van der Waals surface area contributed by atoms with E-state index in [4.69, 9.17) is 4.74 Å². The Bertz CT molecular complexity index is 1060. The van der Waals surface area contributed by atoms with Crippen molar-refractivity contribution >= 4 is 17.0 Å². The number of aryl methyl sites for hydroxylation is 2. The number of esters is 1. The molecule has 0 atom stereocenters. The van der Waals surface area contributed by atoms with Crippen LogP contribution in [0.4, 0.5) is 0 Å². The van der Waals surface area contributed by atoms with Gasteiger partial charge in [0.05, 0.1) is 17.6 Å². The number of H-pyrrole nitrogens is 1. The van der Waals surface area contributed by atoms with Gasteiger partial charge in [-0.05, 0) is 43.0 Å². The highest BCUT2D eigenvalue weighted by Gasteiger charge is 2.13. The molecule has 0 amide bonds. The van der Waals surface area contributed by atoms with Gasteiger partial charge in [-0.1, -0.05) is 6.92 Å². The third kappa shape index (κ3) is 4.28. The molecule has 0 fully saturated rings. The fourth-order valence-electron chi connectivity index (χ4n) is 2.78. The fraction of sp³-hybridized carbons (Fsp3) is 0.316. The van der Waals surface area contributed by atoms with Crippen molar-refractivity contribution in [1.29, 1.82) is 0 Å². The highest BCUT2D eigenvalue weighted by atomic mass is 16.5. The van der Waals surface area contributed by atoms with Gasteiger partial charge in [0.2, 0.25) is 0 Å². The van der Waals surface area contributed by atoms with E-state index < -0.39 is 17.2 Å². The summed E-state index contributed by atoms with van der Waals surface area (Å²) in [5.74, 6) is -0.549. The standard InChI is InChI=1S/C19H20N4O4/c1-2-9-23-16-15(17(24)22-19(23)26)11-14(12-21-16)18(25)27-10-3-4-13-5-7-20-8-6-13/h5-8,11-12H,2-4,9-10H2,1H3,(H,22,24,26). The zero-order chi connectivity index (χ0) is 19.2. The number of nitrogens with zero attached hydrogens (tertiary/aromatic N) is 3. The molecule has 8 nitrogen and oxygen atoms in total. The first-order valence-electron chi connectivity index (χ1n) is 8.79. The van der Waals surface area contributed by atoms with Crippen LogP contribution in [-0.4, -0.2) is 32.1 Å². The lowest BCUT2D eigenvalue weighted by Crippen LogP contribution is -2.31. The lowest BCUT2D eigenvalue weighted by Gasteiger charge is -2.09. The maximum atomic E-state index is 12.2. The highest BCUT2D eigenvalue weighted by Crippen LogP contribution is 2.10. The monoisotopic (exact) mass is 368 g/mol. The summed E-state index contributed by atoms with van der Waals surface area (Å²) in [7, 11) is 0. The van der Waals surface area contributed by atoms with Gasteiger partial charge in [-0.25, -0.2) is 14.6 Å². The first-order chi connectivity index (χ1) is 13.1. The summed E-state index contributed by atoms with van der Waals surface area (Å²) >= 11 is 0. The number of hydrogen-bond donors (Lipinski definition) is 1. The van der Waals surface area contributed by atoms with Crippen LogP contribution in [0.5, 0.6) is 0 Å². The number of aromatic amines is 1. The van der Waals surface area contributed by atoms with E-state index in [0.29, 0.717) is 19.4 Å². The van der Waals surface area contributed by atoms with Gasteiger partial charge in [-0.15, -0.1) is 0 Å². The molecule has 140 valence electrons. The molecule has 0 spiro atoms. The molecule has 3 aromatic heterocycles. The summed E-state index contributed by atoms with van der Waals surface area (Å²) in [6, 6.07) is 5.24. The highest BCUT2D eigenvalue weighted by molar-refractivity contribution is 5.92. The van der Waals surface area contributed by atoms with Gasteiger partial charge in [-0.2, -0.15) is 0 Å². The van der Waals surface area contributed by atoms with E-state index in [1.165, 1.54) is 16.8 Å². The smallest absolute Gasteiger partial charge is 0.339 e. The van der Waals surface area contributed by atoms with Crippen molar-refractivity contribution in [3.05, 3.63) is 68.8 Å². The average molecular weight is 368 g/mol. The van der Waals surface area contributed by atoms with E-state index in [2.05, 4.69) is 15.0 Å². The lowest BCUT2D eigenvalue weighted by molar-refractivity contribution is 0.0500. The van der Waals surface area contributed by atoms with E-state index >= 15 is 0 Å². The number of carbonyl (C=O) groups excluding carboxylic acids is 1. The predicted octanol–water partition coefficient (Wildman–Crippen LogP) is 1.68. The number of hydrogen-bond acceptors (Lipinski definition) is 6. The predicted molar refractivity (Wildman–Crippen MR) is 99.8 cm³/mol. The fourth-order valence-corrected chi connectivity index (χ4v) is 2.78. The zero-order valence-electron chi connectivity index (χ0n) is 15.0. The van der Waals surface area contributed by atoms with Gasteiger partial charge >= 0.3 is 11.7 Å². The minimum absolute atomic E-state index is 0.179. The van der Waals surface area contributed by atoms with Crippen LogP contribution in [-0.2, 0) is 17.7 Å². The van der Waals surface area contributed by atoms with Gasteiger partial charge in [-0.3, -0.25) is 19.3 Å². The third-order valence-corrected chi connectivity index (χ3v) is 4.11. The molecular weight excluding hydrogens is 348 g/mol. The Morgan fingerprint density at radius 2 is 2.04 bits per heavy atom. The number of ether oxygens (including phenoxy) is 1. The van der Waals surface area contributed by atoms with Crippen molar-refractivity contribution < 1.29 is 9.53 Å². The molecule has 1 N–H and O–H groups in total. The summed E-state index contributed by atoms with van der Waals surface area (Å²) < 4.78 is 6.65. The maximum absolute atomic E-state index is 12.2. The van der Waals surface area contributed by atoms with Crippen molar-refractivity contribution in [1.82, 2.24) is 19.5 Å². The van der Waals surface area contributed by atoms with Gasteiger partial charge in [0.25, 0.3) is 5.56 Å². The summed E-state index contributed by atoms with van der Waals surface area (Å²) in [5.41, 5.74) is 0.489. The maximum Gasteiger partial charge on any atom is 0.339 e. The van der Waals surface area contributed by atoms with Gasteiger partial charge in [0.1, 0.15) is 5.65 Å². The molecule has 3 heterocycles. The summed E-state index contributed by atoms with van der Waals surface area (Å²) in [6.45, 7) is 2.60. The third-order valence-electron chi connectivity index (χ3n) is 4.11. The van der Waals surface area contributed by atoms with Crippen LogP contribution in [0.15, 0.2) is 46.4 Å². The number of pyridine rings is 2. The average Bonchev–Trinajstić information content (AvgIpc) is 2.69. The summed E-state index contributed by atoms with van der Waals surface area (Å²) in [4.78, 5) is 46.6. The molecule has 0 unspecified atom stereocenters. The molecule has 0 bridgehead atoms. The zero-order valence-corrected chi connectivity index (χ0v) is 15.0. The quantitative estimate of drug-likeness (QED) is 0.502. The van der Waals surface area contributed by atoms with E-state index in [1.54, 1.807) is 12.4 Å². The van der Waals surface area contributed by atoms with Crippen molar-refractivity contribution in [3.8, 4) is 0 Å². The molecule has 3 aromatic rings. The van der Waals surface area contributed by atoms with Crippen molar-refractivity contribution in [3.63, 3.8) is 0 Å². The molecule has 0 saturated heterocycles. The Labute approximate surface area is 154 Å². The van der Waals surface area contributed by atoms with Crippen molar-refractivity contribution in [2.24, 2.45) is 0 Å². The first kappa shape index (κ1) is 18.5. The molecule has 27 heavy (non-hydrogen) atoms. The Morgan fingerprint density at radius 1 is 1.26 bits per heavy atom. The second-order valence-electron chi connectivity index (χ2n) is 6.10. The number of rotatable bonds is 7. The first-order valence-corrected chi connectivity index (χ1v) is 8.79. The van der Waals surface area contributed by atoms with E-state index in [0.717, 1.165) is 12.0 Å². The van der Waals surface area contributed by atoms with Gasteiger partial charge in [0, 0.05) is 25.1 Å². The van der Waals surface area contributed by atoms with Crippen LogP contribution in [0.3, 0.4) is 0 Å². The molecule has 0 aliphatic rings. The molecule has 0 radical (unpaired) electrons. The summed E-state index contributed by atoms with van der Waals surface area (Å²) in [6.07, 6.45) is 6.93. The second kappa shape index (κ2) is 8.39. The van der Waals surface area contributed by atoms with Crippen LogP contribution in [0.25, 0.3) is 11.0 Å². The Morgan fingerprint density at radius 3 is 2.78 bits per heavy atom.